The van der Waals surface area contributed by atoms with Crippen molar-refractivity contribution in [2.75, 3.05) is 32.9 Å². The number of nitrogens with one attached hydrogen (secondary N) is 2. The molecule has 142 valence electrons. The molecule has 0 aromatic heterocycles. The van der Waals surface area contributed by atoms with E-state index < -0.39 is 0 Å². The topological polar surface area (TPSA) is 75.1 Å². The Morgan fingerprint density at radius 3 is 2.71 bits per heavy atom. The number of halogens is 1. The Labute approximate surface area is 163 Å². The van der Waals surface area contributed by atoms with Gasteiger partial charge in [0, 0.05) is 32.3 Å². The first kappa shape index (κ1) is 21.9. The summed E-state index contributed by atoms with van der Waals surface area (Å²) in [5, 5.41) is 16.3. The highest BCUT2D eigenvalue weighted by atomic mass is 127. The first-order valence-corrected chi connectivity index (χ1v) is 9.20. The highest BCUT2D eigenvalue weighted by Gasteiger charge is 2.20. The molecule has 0 aromatic rings. The lowest BCUT2D eigenvalue weighted by Gasteiger charge is -2.27. The van der Waals surface area contributed by atoms with E-state index in [1.807, 2.05) is 0 Å². The summed E-state index contributed by atoms with van der Waals surface area (Å²) >= 11 is 0. The molecule has 7 heteroatoms. The highest BCUT2D eigenvalue weighted by Crippen LogP contribution is 2.18. The summed E-state index contributed by atoms with van der Waals surface area (Å²) in [6.45, 7) is 6.03. The van der Waals surface area contributed by atoms with Crippen molar-refractivity contribution in [3.05, 3.63) is 0 Å². The van der Waals surface area contributed by atoms with Crippen LogP contribution in [0.15, 0.2) is 4.99 Å². The summed E-state index contributed by atoms with van der Waals surface area (Å²) in [4.78, 5) is 4.62. The van der Waals surface area contributed by atoms with E-state index in [0.717, 1.165) is 77.2 Å². The zero-order chi connectivity index (χ0) is 16.3. The third-order valence-corrected chi connectivity index (χ3v) is 4.43. The van der Waals surface area contributed by atoms with Crippen molar-refractivity contribution in [3.63, 3.8) is 0 Å². The molecule has 0 amide bonds. The molecule has 1 saturated heterocycles. The van der Waals surface area contributed by atoms with Gasteiger partial charge in [-0.25, -0.2) is 0 Å². The lowest BCUT2D eigenvalue weighted by Crippen LogP contribution is -2.45. The van der Waals surface area contributed by atoms with Crippen LogP contribution in [0.4, 0.5) is 0 Å². The number of nitrogens with zero attached hydrogens (tertiary/aromatic N) is 1. The summed E-state index contributed by atoms with van der Waals surface area (Å²) in [6.07, 6.45) is 7.19. The standard InChI is InChI=1S/C17H33N3O3.HI/c1-2-18-17(20-14-6-8-15(21)9-7-14)19-10-4-11-22-13-16-5-3-12-23-16;/h14-16,21H,2-13H2,1H3,(H2,18,19,20);1H. The molecule has 1 unspecified atom stereocenters. The summed E-state index contributed by atoms with van der Waals surface area (Å²) < 4.78 is 11.2. The molecule has 1 saturated carbocycles. The number of ether oxygens (including phenoxy) is 2. The number of rotatable bonds is 8. The van der Waals surface area contributed by atoms with Gasteiger partial charge in [0.25, 0.3) is 0 Å². The predicted molar refractivity (Wildman–Crippen MR) is 107 cm³/mol. The largest absolute Gasteiger partial charge is 0.393 e. The van der Waals surface area contributed by atoms with Gasteiger partial charge < -0.3 is 25.2 Å². The SMILES string of the molecule is CCNC(=NCCCOCC1CCCO1)NC1CCC(O)CC1.I. The number of aliphatic hydroxyl groups excluding tert-OH is 1. The third kappa shape index (κ3) is 8.82. The summed E-state index contributed by atoms with van der Waals surface area (Å²) in [7, 11) is 0. The van der Waals surface area contributed by atoms with Gasteiger partial charge in [-0.15, -0.1) is 24.0 Å². The van der Waals surface area contributed by atoms with Gasteiger partial charge in [-0.3, -0.25) is 4.99 Å². The van der Waals surface area contributed by atoms with Crippen molar-refractivity contribution in [1.82, 2.24) is 10.6 Å². The molecule has 2 fully saturated rings. The lowest BCUT2D eigenvalue weighted by atomic mass is 9.93. The Bertz CT molecular complexity index is 344. The van der Waals surface area contributed by atoms with Crippen LogP contribution in [0.5, 0.6) is 0 Å². The monoisotopic (exact) mass is 455 g/mol. The van der Waals surface area contributed by atoms with Crippen LogP contribution in [0, 0.1) is 0 Å². The molecule has 1 aliphatic heterocycles. The van der Waals surface area contributed by atoms with Gasteiger partial charge in [0.15, 0.2) is 5.96 Å². The summed E-state index contributed by atoms with van der Waals surface area (Å²) in [5.41, 5.74) is 0. The summed E-state index contributed by atoms with van der Waals surface area (Å²) in [6, 6.07) is 0.423. The Balaban J connectivity index is 0.00000288. The van der Waals surface area contributed by atoms with Gasteiger partial charge >= 0.3 is 0 Å². The molecule has 0 aromatic carbocycles. The molecule has 2 aliphatic rings. The number of hydrogen-bond donors (Lipinski definition) is 3. The van der Waals surface area contributed by atoms with Crippen molar-refractivity contribution < 1.29 is 14.6 Å². The second-order valence-electron chi connectivity index (χ2n) is 6.47. The zero-order valence-corrected chi connectivity index (χ0v) is 17.2. The van der Waals surface area contributed by atoms with Crippen LogP contribution in [0.25, 0.3) is 0 Å². The summed E-state index contributed by atoms with van der Waals surface area (Å²) in [5.74, 6) is 0.882. The van der Waals surface area contributed by atoms with Crippen LogP contribution in [-0.4, -0.2) is 62.2 Å². The maximum absolute atomic E-state index is 9.57. The number of aliphatic imine (C=N–C) groups is 1. The van der Waals surface area contributed by atoms with E-state index in [0.29, 0.717) is 18.8 Å². The molecule has 6 nitrogen and oxygen atoms in total. The quantitative estimate of drug-likeness (QED) is 0.226. The smallest absolute Gasteiger partial charge is 0.191 e. The first-order chi connectivity index (χ1) is 11.3. The van der Waals surface area contributed by atoms with Crippen molar-refractivity contribution >= 4 is 29.9 Å². The van der Waals surface area contributed by atoms with Crippen molar-refractivity contribution in [3.8, 4) is 0 Å². The van der Waals surface area contributed by atoms with Gasteiger partial charge in [-0.05, 0) is 51.9 Å². The molecule has 24 heavy (non-hydrogen) atoms. The number of aliphatic hydroxyl groups is 1. The Morgan fingerprint density at radius 2 is 2.04 bits per heavy atom. The molecule has 1 atom stereocenters. The number of hydrogen-bond acceptors (Lipinski definition) is 4. The average Bonchev–Trinajstić information content (AvgIpc) is 3.06. The molecular weight excluding hydrogens is 421 g/mol. The van der Waals surface area contributed by atoms with Gasteiger partial charge in [-0.1, -0.05) is 0 Å². The third-order valence-electron chi connectivity index (χ3n) is 4.43. The molecule has 3 N–H and O–H groups in total. The van der Waals surface area contributed by atoms with E-state index >= 15 is 0 Å². The predicted octanol–water partition coefficient (Wildman–Crippen LogP) is 2.05. The van der Waals surface area contributed by atoms with Crippen LogP contribution in [-0.2, 0) is 9.47 Å². The van der Waals surface area contributed by atoms with E-state index in [1.54, 1.807) is 0 Å². The minimum Gasteiger partial charge on any atom is -0.393 e. The second-order valence-corrected chi connectivity index (χ2v) is 6.47. The van der Waals surface area contributed by atoms with E-state index in [4.69, 9.17) is 9.47 Å². The maximum atomic E-state index is 9.57. The minimum atomic E-state index is -0.117. The molecule has 1 aliphatic carbocycles. The van der Waals surface area contributed by atoms with Gasteiger partial charge in [0.2, 0.25) is 0 Å². The first-order valence-electron chi connectivity index (χ1n) is 9.20. The van der Waals surface area contributed by atoms with Crippen LogP contribution in [0.1, 0.15) is 51.9 Å². The maximum Gasteiger partial charge on any atom is 0.191 e. The highest BCUT2D eigenvalue weighted by molar-refractivity contribution is 14.0. The van der Waals surface area contributed by atoms with Crippen LogP contribution in [0.3, 0.4) is 0 Å². The molecule has 1 heterocycles. The molecule has 0 spiro atoms. The Kier molecular flexibility index (Phi) is 12.0. The molecule has 2 rings (SSSR count). The van der Waals surface area contributed by atoms with Gasteiger partial charge in [0.05, 0.1) is 18.8 Å². The Hall–Kier alpha value is -0.120. The molecular formula is C17H34IN3O3. The normalized spacial score (nSPS) is 27.6. The number of guanidine groups is 1. The van der Waals surface area contributed by atoms with Gasteiger partial charge in [0.1, 0.15) is 0 Å². The fraction of sp³-hybridized carbons (Fsp3) is 0.941. The fourth-order valence-electron chi connectivity index (χ4n) is 3.08. The van der Waals surface area contributed by atoms with Gasteiger partial charge in [-0.2, -0.15) is 0 Å². The molecule has 0 bridgehead atoms. The average molecular weight is 455 g/mol. The Morgan fingerprint density at radius 1 is 1.25 bits per heavy atom. The molecule has 0 radical (unpaired) electrons. The van der Waals surface area contributed by atoms with Crippen molar-refractivity contribution in [2.24, 2.45) is 4.99 Å². The van der Waals surface area contributed by atoms with E-state index in [1.165, 1.54) is 0 Å². The van der Waals surface area contributed by atoms with E-state index in [9.17, 15) is 5.11 Å². The second kappa shape index (κ2) is 13.1. The van der Waals surface area contributed by atoms with Crippen LogP contribution < -0.4 is 10.6 Å². The lowest BCUT2D eigenvalue weighted by molar-refractivity contribution is 0.0171. The van der Waals surface area contributed by atoms with Crippen molar-refractivity contribution in [1.29, 1.82) is 0 Å². The van der Waals surface area contributed by atoms with Crippen molar-refractivity contribution in [2.45, 2.75) is 70.1 Å². The zero-order valence-electron chi connectivity index (χ0n) is 14.8. The fourth-order valence-corrected chi connectivity index (χ4v) is 3.08. The van der Waals surface area contributed by atoms with Crippen LogP contribution >= 0.6 is 24.0 Å². The van der Waals surface area contributed by atoms with Crippen LogP contribution in [0.2, 0.25) is 0 Å². The van der Waals surface area contributed by atoms with E-state index in [-0.39, 0.29) is 30.1 Å². The van der Waals surface area contributed by atoms with E-state index in [2.05, 4.69) is 22.5 Å². The minimum absolute atomic E-state index is 0.